The maximum atomic E-state index is 12.5. The predicted molar refractivity (Wildman–Crippen MR) is 106 cm³/mol. The second-order valence-corrected chi connectivity index (χ2v) is 7.65. The summed E-state index contributed by atoms with van der Waals surface area (Å²) in [6.07, 6.45) is 0.0364. The summed E-state index contributed by atoms with van der Waals surface area (Å²) in [4.78, 5) is 60.3. The lowest BCUT2D eigenvalue weighted by atomic mass is 10.1. The van der Waals surface area contributed by atoms with Gasteiger partial charge in [0.15, 0.2) is 6.61 Å². The fourth-order valence-electron chi connectivity index (χ4n) is 2.79. The highest BCUT2D eigenvalue weighted by Crippen LogP contribution is 2.33. The van der Waals surface area contributed by atoms with Crippen molar-refractivity contribution < 1.29 is 28.8 Å². The van der Waals surface area contributed by atoms with E-state index in [0.717, 1.165) is 22.7 Å². The number of esters is 1. The standard InChI is InChI=1S/C20H16N2O7S/c1-21-18(24)10-17(19(21)25)30-16-8-3-2-7-14(16)20(26)29-11-15(23)12-5-4-6-13(9-12)22(27)28/h2-9,17H,10-11H2,1H3. The van der Waals surface area contributed by atoms with Gasteiger partial charge in [-0.2, -0.15) is 0 Å². The highest BCUT2D eigenvalue weighted by Gasteiger charge is 2.37. The van der Waals surface area contributed by atoms with Crippen LogP contribution in [-0.4, -0.2) is 52.3 Å². The topological polar surface area (TPSA) is 124 Å². The smallest absolute Gasteiger partial charge is 0.339 e. The number of nitrogens with zero attached hydrogens (tertiary/aromatic N) is 2. The Morgan fingerprint density at radius 2 is 1.93 bits per heavy atom. The van der Waals surface area contributed by atoms with Gasteiger partial charge in [0.25, 0.3) is 5.69 Å². The number of hydrogen-bond donors (Lipinski definition) is 0. The molecule has 1 fully saturated rings. The minimum Gasteiger partial charge on any atom is -0.454 e. The molecule has 0 N–H and O–H groups in total. The highest BCUT2D eigenvalue weighted by molar-refractivity contribution is 8.00. The number of amides is 2. The van der Waals surface area contributed by atoms with Gasteiger partial charge in [0.1, 0.15) is 0 Å². The molecule has 2 aromatic carbocycles. The largest absolute Gasteiger partial charge is 0.454 e. The second-order valence-electron chi connectivity index (χ2n) is 6.40. The first-order chi connectivity index (χ1) is 14.3. The van der Waals surface area contributed by atoms with Crippen LogP contribution in [0, 0.1) is 10.1 Å². The first-order valence-electron chi connectivity index (χ1n) is 8.79. The number of hydrogen-bond acceptors (Lipinski definition) is 8. The number of ketones is 1. The second kappa shape index (κ2) is 8.87. The van der Waals surface area contributed by atoms with E-state index in [9.17, 15) is 29.3 Å². The van der Waals surface area contributed by atoms with Crippen LogP contribution in [0.5, 0.6) is 0 Å². The lowest BCUT2D eigenvalue weighted by Crippen LogP contribution is -2.26. The number of rotatable bonds is 7. The molecule has 0 saturated carbocycles. The van der Waals surface area contributed by atoms with Crippen LogP contribution in [0.4, 0.5) is 5.69 Å². The molecule has 1 saturated heterocycles. The minimum absolute atomic E-state index is 0.0364. The average molecular weight is 428 g/mol. The lowest BCUT2D eigenvalue weighted by Gasteiger charge is -2.12. The van der Waals surface area contributed by atoms with Gasteiger partial charge in [-0.3, -0.25) is 29.4 Å². The Morgan fingerprint density at radius 1 is 1.20 bits per heavy atom. The van der Waals surface area contributed by atoms with Crippen molar-refractivity contribution in [2.75, 3.05) is 13.7 Å². The van der Waals surface area contributed by atoms with Crippen LogP contribution in [0.3, 0.4) is 0 Å². The molecule has 2 aromatic rings. The fraction of sp³-hybridized carbons (Fsp3) is 0.200. The molecule has 9 nitrogen and oxygen atoms in total. The molecule has 1 heterocycles. The van der Waals surface area contributed by atoms with Crippen LogP contribution in [0.2, 0.25) is 0 Å². The molecule has 2 amide bonds. The molecule has 1 unspecified atom stereocenters. The van der Waals surface area contributed by atoms with Crippen molar-refractivity contribution in [2.24, 2.45) is 0 Å². The maximum absolute atomic E-state index is 12.5. The van der Waals surface area contributed by atoms with Crippen molar-refractivity contribution >= 4 is 41.0 Å². The summed E-state index contributed by atoms with van der Waals surface area (Å²) >= 11 is 1.08. The van der Waals surface area contributed by atoms with E-state index >= 15 is 0 Å². The van der Waals surface area contributed by atoms with Crippen LogP contribution in [0.25, 0.3) is 0 Å². The van der Waals surface area contributed by atoms with Gasteiger partial charge in [-0.15, -0.1) is 11.8 Å². The van der Waals surface area contributed by atoms with E-state index in [-0.39, 0.29) is 35.0 Å². The summed E-state index contributed by atoms with van der Waals surface area (Å²) < 4.78 is 5.08. The number of carbonyl (C=O) groups excluding carboxylic acids is 4. The molecule has 30 heavy (non-hydrogen) atoms. The maximum Gasteiger partial charge on any atom is 0.339 e. The van der Waals surface area contributed by atoms with Crippen LogP contribution < -0.4 is 0 Å². The minimum atomic E-state index is -0.776. The summed E-state index contributed by atoms with van der Waals surface area (Å²) in [5, 5.41) is 10.2. The molecule has 0 spiro atoms. The zero-order valence-electron chi connectivity index (χ0n) is 15.8. The average Bonchev–Trinajstić information content (AvgIpc) is 2.98. The number of Topliss-reactive ketones (excluding diaryl/α,β-unsaturated/α-hetero) is 1. The number of carbonyl (C=O) groups is 4. The summed E-state index contributed by atoms with van der Waals surface area (Å²) in [5.74, 6) is -1.99. The number of ether oxygens (including phenoxy) is 1. The molecule has 0 bridgehead atoms. The normalized spacial score (nSPS) is 15.9. The van der Waals surface area contributed by atoms with Gasteiger partial charge in [-0.05, 0) is 12.1 Å². The van der Waals surface area contributed by atoms with Crippen molar-refractivity contribution in [1.82, 2.24) is 4.90 Å². The Morgan fingerprint density at radius 3 is 2.60 bits per heavy atom. The molecule has 1 aliphatic rings. The van der Waals surface area contributed by atoms with Crippen molar-refractivity contribution in [3.8, 4) is 0 Å². The third-order valence-corrected chi connectivity index (χ3v) is 5.69. The summed E-state index contributed by atoms with van der Waals surface area (Å²) in [6, 6.07) is 11.5. The third-order valence-electron chi connectivity index (χ3n) is 4.43. The van der Waals surface area contributed by atoms with Gasteiger partial charge in [-0.1, -0.05) is 24.3 Å². The van der Waals surface area contributed by atoms with Crippen LogP contribution in [0.15, 0.2) is 53.4 Å². The summed E-state index contributed by atoms with van der Waals surface area (Å²) in [7, 11) is 1.41. The lowest BCUT2D eigenvalue weighted by molar-refractivity contribution is -0.384. The Bertz CT molecular complexity index is 1050. The van der Waals surface area contributed by atoms with Crippen LogP contribution >= 0.6 is 11.8 Å². The Balaban J connectivity index is 1.68. The first kappa shape index (κ1) is 21.2. The van der Waals surface area contributed by atoms with E-state index < -0.39 is 28.5 Å². The third kappa shape index (κ3) is 4.54. The van der Waals surface area contributed by atoms with E-state index in [4.69, 9.17) is 4.74 Å². The van der Waals surface area contributed by atoms with Crippen LogP contribution in [0.1, 0.15) is 27.1 Å². The number of likely N-dealkylation sites (tertiary alicyclic amines) is 1. The Kier molecular flexibility index (Phi) is 6.26. The van der Waals surface area contributed by atoms with Gasteiger partial charge in [0, 0.05) is 36.1 Å². The van der Waals surface area contributed by atoms with Crippen molar-refractivity contribution in [1.29, 1.82) is 0 Å². The zero-order valence-corrected chi connectivity index (χ0v) is 16.6. The van der Waals surface area contributed by atoms with Gasteiger partial charge >= 0.3 is 5.97 Å². The van der Waals surface area contributed by atoms with Crippen molar-refractivity contribution in [2.45, 2.75) is 16.6 Å². The predicted octanol–water partition coefficient (Wildman–Crippen LogP) is 2.48. The first-order valence-corrected chi connectivity index (χ1v) is 9.66. The monoisotopic (exact) mass is 428 g/mol. The van der Waals surface area contributed by atoms with Gasteiger partial charge in [-0.25, -0.2) is 4.79 Å². The molecule has 10 heteroatoms. The summed E-state index contributed by atoms with van der Waals surface area (Å²) in [5.41, 5.74) is -0.0309. The van der Waals surface area contributed by atoms with Crippen LogP contribution in [-0.2, 0) is 14.3 Å². The number of benzene rings is 2. The van der Waals surface area contributed by atoms with Gasteiger partial charge < -0.3 is 4.74 Å². The molecule has 1 aliphatic heterocycles. The van der Waals surface area contributed by atoms with E-state index in [1.807, 2.05) is 0 Å². The van der Waals surface area contributed by atoms with E-state index in [1.54, 1.807) is 18.2 Å². The number of nitro groups is 1. The highest BCUT2D eigenvalue weighted by atomic mass is 32.2. The molecule has 3 rings (SSSR count). The molecule has 1 atom stereocenters. The zero-order chi connectivity index (χ0) is 21.8. The quantitative estimate of drug-likeness (QED) is 0.217. The Labute approximate surface area is 175 Å². The van der Waals surface area contributed by atoms with Crippen molar-refractivity contribution in [3.63, 3.8) is 0 Å². The molecule has 0 aromatic heterocycles. The molecular weight excluding hydrogens is 412 g/mol. The van der Waals surface area contributed by atoms with Gasteiger partial charge in [0.05, 0.1) is 15.7 Å². The SMILES string of the molecule is CN1C(=O)CC(Sc2ccccc2C(=O)OCC(=O)c2cccc([N+](=O)[O-])c2)C1=O. The Hall–Kier alpha value is -3.53. The number of nitro benzene ring substituents is 1. The number of imide groups is 1. The van der Waals surface area contributed by atoms with E-state index in [0.29, 0.717) is 4.90 Å². The van der Waals surface area contributed by atoms with E-state index in [1.165, 1.54) is 31.3 Å². The molecule has 0 aliphatic carbocycles. The summed E-state index contributed by atoms with van der Waals surface area (Å²) in [6.45, 7) is -0.595. The number of thioether (sulfide) groups is 1. The molecule has 154 valence electrons. The van der Waals surface area contributed by atoms with E-state index in [2.05, 4.69) is 0 Å². The number of non-ortho nitro benzene ring substituents is 1. The molecular formula is C20H16N2O7S. The fourth-order valence-corrected chi connectivity index (χ4v) is 4.02. The van der Waals surface area contributed by atoms with Gasteiger partial charge in [0.2, 0.25) is 17.6 Å². The van der Waals surface area contributed by atoms with Crippen molar-refractivity contribution in [3.05, 3.63) is 69.8 Å². The molecule has 0 radical (unpaired) electrons.